The number of morpholine rings is 1. The molecule has 4 rings (SSSR count). The van der Waals surface area contributed by atoms with E-state index < -0.39 is 27.6 Å². The van der Waals surface area contributed by atoms with Gasteiger partial charge in [-0.2, -0.15) is 4.31 Å². The number of halogens is 2. The Morgan fingerprint density at radius 2 is 1.80 bits per heavy atom. The Hall–Kier alpha value is -2.80. The highest BCUT2D eigenvalue weighted by molar-refractivity contribution is 7.89. The fourth-order valence-corrected chi connectivity index (χ4v) is 5.34. The lowest BCUT2D eigenvalue weighted by Crippen LogP contribution is -2.40. The van der Waals surface area contributed by atoms with Crippen LogP contribution in [0.4, 0.5) is 25.8 Å². The molecule has 2 aromatic carbocycles. The van der Waals surface area contributed by atoms with Crippen molar-refractivity contribution in [1.82, 2.24) is 4.31 Å². The maximum Gasteiger partial charge on any atom is 0.243 e. The summed E-state index contributed by atoms with van der Waals surface area (Å²) in [5.41, 5.74) is 1.14. The maximum atomic E-state index is 13.4. The monoisotopic (exact) mass is 510 g/mol. The van der Waals surface area contributed by atoms with Gasteiger partial charge in [0.25, 0.3) is 0 Å². The number of ether oxygens (including phenoxy) is 2. The largest absolute Gasteiger partial charge is 0.381 e. The van der Waals surface area contributed by atoms with Crippen molar-refractivity contribution < 1.29 is 31.5 Å². The molecule has 9 nitrogen and oxygen atoms in total. The number of nitrogens with zero attached hydrogens (tertiary/aromatic N) is 1. The second-order valence-corrected chi connectivity index (χ2v) is 10.2. The smallest absolute Gasteiger partial charge is 0.243 e. The predicted octanol–water partition coefficient (Wildman–Crippen LogP) is 2.63. The molecule has 2 aliphatic heterocycles. The summed E-state index contributed by atoms with van der Waals surface area (Å²) >= 11 is 0. The van der Waals surface area contributed by atoms with E-state index in [4.69, 9.17) is 9.47 Å². The Labute approximate surface area is 202 Å². The number of hydrogen-bond donors (Lipinski definition) is 3. The van der Waals surface area contributed by atoms with Crippen LogP contribution < -0.4 is 16.0 Å². The molecular formula is C23H28F2N4O5S. The molecule has 3 N–H and O–H groups in total. The summed E-state index contributed by atoms with van der Waals surface area (Å²) < 4.78 is 65.0. The number of amides is 1. The third-order valence-electron chi connectivity index (χ3n) is 5.79. The summed E-state index contributed by atoms with van der Waals surface area (Å²) in [7, 11) is -3.74. The van der Waals surface area contributed by atoms with Crippen molar-refractivity contribution >= 4 is 33.0 Å². The Bertz CT molecular complexity index is 1150. The first-order valence-electron chi connectivity index (χ1n) is 11.4. The molecule has 35 heavy (non-hydrogen) atoms. The van der Waals surface area contributed by atoms with E-state index in [1.807, 2.05) is 0 Å². The molecule has 2 fully saturated rings. The van der Waals surface area contributed by atoms with Crippen LogP contribution in [0.1, 0.15) is 12.8 Å². The Morgan fingerprint density at radius 1 is 1.00 bits per heavy atom. The van der Waals surface area contributed by atoms with E-state index in [0.29, 0.717) is 37.7 Å². The lowest BCUT2D eigenvalue weighted by atomic mass is 10.2. The molecule has 0 bridgehead atoms. The van der Waals surface area contributed by atoms with Crippen LogP contribution in [0.2, 0.25) is 0 Å². The number of sulfonamides is 1. The minimum absolute atomic E-state index is 0.0521. The van der Waals surface area contributed by atoms with Crippen molar-refractivity contribution in [2.45, 2.75) is 23.8 Å². The van der Waals surface area contributed by atoms with Crippen LogP contribution >= 0.6 is 0 Å². The van der Waals surface area contributed by atoms with Gasteiger partial charge in [-0.1, -0.05) is 0 Å². The van der Waals surface area contributed by atoms with Gasteiger partial charge in [-0.05, 0) is 43.2 Å². The van der Waals surface area contributed by atoms with E-state index in [2.05, 4.69) is 16.0 Å². The second-order valence-electron chi connectivity index (χ2n) is 8.27. The van der Waals surface area contributed by atoms with Crippen molar-refractivity contribution in [1.29, 1.82) is 0 Å². The third-order valence-corrected chi connectivity index (χ3v) is 7.68. The van der Waals surface area contributed by atoms with E-state index in [0.717, 1.165) is 25.0 Å². The van der Waals surface area contributed by atoms with Gasteiger partial charge in [-0.25, -0.2) is 17.2 Å². The zero-order valence-electron chi connectivity index (χ0n) is 19.1. The second kappa shape index (κ2) is 11.3. The van der Waals surface area contributed by atoms with Crippen LogP contribution in [0.5, 0.6) is 0 Å². The van der Waals surface area contributed by atoms with Crippen molar-refractivity contribution in [3.8, 4) is 0 Å². The highest BCUT2D eigenvalue weighted by Gasteiger charge is 2.27. The standard InChI is InChI=1S/C23H28F2N4O5S/c24-19-5-3-16(12-20(19)25)28-23(30)15-27-22-13-18(35(31,32)29-7-10-33-11-8-29)4-6-21(22)26-14-17-2-1-9-34-17/h3-6,12-13,17,26-27H,1-2,7-11,14-15H2,(H,28,30)/t17-/m1/s1. The first kappa shape index (κ1) is 25.3. The normalized spacial score (nSPS) is 18.9. The first-order chi connectivity index (χ1) is 16.8. The number of rotatable bonds is 9. The predicted molar refractivity (Wildman–Crippen MR) is 127 cm³/mol. The molecule has 0 unspecified atom stereocenters. The SMILES string of the molecule is O=C(CNc1cc(S(=O)(=O)N2CCOCC2)ccc1NC[C@H]1CCCO1)Nc1ccc(F)c(F)c1. The molecule has 0 radical (unpaired) electrons. The fraction of sp³-hybridized carbons (Fsp3) is 0.435. The zero-order valence-corrected chi connectivity index (χ0v) is 19.9. The summed E-state index contributed by atoms with van der Waals surface area (Å²) in [5, 5.41) is 8.71. The molecule has 2 saturated heterocycles. The van der Waals surface area contributed by atoms with Crippen LogP contribution in [0.3, 0.4) is 0 Å². The van der Waals surface area contributed by atoms with Gasteiger partial charge in [-0.15, -0.1) is 0 Å². The van der Waals surface area contributed by atoms with Gasteiger partial charge in [0.1, 0.15) is 0 Å². The maximum absolute atomic E-state index is 13.4. The minimum Gasteiger partial charge on any atom is -0.381 e. The van der Waals surface area contributed by atoms with Gasteiger partial charge in [0, 0.05) is 38.0 Å². The summed E-state index contributed by atoms with van der Waals surface area (Å²) in [6.45, 7) is 2.20. The Morgan fingerprint density at radius 3 is 2.51 bits per heavy atom. The zero-order chi connectivity index (χ0) is 24.8. The highest BCUT2D eigenvalue weighted by Crippen LogP contribution is 2.28. The number of anilines is 3. The molecule has 0 saturated carbocycles. The number of hydrogen-bond acceptors (Lipinski definition) is 7. The van der Waals surface area contributed by atoms with E-state index in [1.165, 1.54) is 22.5 Å². The summed E-state index contributed by atoms with van der Waals surface area (Å²) in [6.07, 6.45) is 1.96. The van der Waals surface area contributed by atoms with Crippen LogP contribution in [-0.2, 0) is 24.3 Å². The van der Waals surface area contributed by atoms with Crippen LogP contribution in [0.15, 0.2) is 41.3 Å². The molecule has 0 aliphatic carbocycles. The van der Waals surface area contributed by atoms with Gasteiger partial charge < -0.3 is 25.4 Å². The quantitative estimate of drug-likeness (QED) is 0.476. The summed E-state index contributed by atoms with van der Waals surface area (Å²) in [6, 6.07) is 7.71. The van der Waals surface area contributed by atoms with E-state index >= 15 is 0 Å². The topological polar surface area (TPSA) is 109 Å². The molecule has 190 valence electrons. The number of nitrogens with one attached hydrogen (secondary N) is 3. The third kappa shape index (κ3) is 6.45. The molecule has 12 heteroatoms. The molecular weight excluding hydrogens is 482 g/mol. The molecule has 2 heterocycles. The van der Waals surface area contributed by atoms with Crippen molar-refractivity contribution in [2.75, 3.05) is 62.0 Å². The van der Waals surface area contributed by atoms with Gasteiger partial charge in [0.15, 0.2) is 11.6 Å². The van der Waals surface area contributed by atoms with Crippen LogP contribution in [-0.4, -0.2) is 70.7 Å². The van der Waals surface area contributed by atoms with Crippen molar-refractivity contribution in [3.05, 3.63) is 48.0 Å². The summed E-state index contributed by atoms with van der Waals surface area (Å²) in [4.78, 5) is 12.5. The van der Waals surface area contributed by atoms with Gasteiger partial charge >= 0.3 is 0 Å². The van der Waals surface area contributed by atoms with Crippen LogP contribution in [0.25, 0.3) is 0 Å². The fourth-order valence-electron chi connectivity index (χ4n) is 3.90. The van der Waals surface area contributed by atoms with Crippen molar-refractivity contribution in [2.24, 2.45) is 0 Å². The van der Waals surface area contributed by atoms with Gasteiger partial charge in [-0.3, -0.25) is 4.79 Å². The molecule has 0 aromatic heterocycles. The lowest BCUT2D eigenvalue weighted by molar-refractivity contribution is -0.114. The van der Waals surface area contributed by atoms with E-state index in [-0.39, 0.29) is 36.3 Å². The number of benzene rings is 2. The van der Waals surface area contributed by atoms with Crippen LogP contribution in [0, 0.1) is 11.6 Å². The van der Waals surface area contributed by atoms with E-state index in [9.17, 15) is 22.0 Å². The van der Waals surface area contributed by atoms with Gasteiger partial charge in [0.2, 0.25) is 15.9 Å². The van der Waals surface area contributed by atoms with Gasteiger partial charge in [0.05, 0.1) is 42.1 Å². The number of carbonyl (C=O) groups excluding carboxylic acids is 1. The lowest BCUT2D eigenvalue weighted by Gasteiger charge is -2.26. The molecule has 2 aromatic rings. The molecule has 2 aliphatic rings. The highest BCUT2D eigenvalue weighted by atomic mass is 32.2. The van der Waals surface area contributed by atoms with Crippen molar-refractivity contribution in [3.63, 3.8) is 0 Å². The number of carbonyl (C=O) groups is 1. The van der Waals surface area contributed by atoms with E-state index in [1.54, 1.807) is 6.07 Å². The molecule has 1 amide bonds. The molecule has 1 atom stereocenters. The average molecular weight is 511 g/mol. The Kier molecular flexibility index (Phi) is 8.16. The Balaban J connectivity index is 1.49. The molecule has 0 spiro atoms. The first-order valence-corrected chi connectivity index (χ1v) is 12.8. The average Bonchev–Trinajstić information content (AvgIpc) is 3.38. The minimum atomic E-state index is -3.74. The summed E-state index contributed by atoms with van der Waals surface area (Å²) in [5.74, 6) is -2.60.